The molecule has 0 radical (unpaired) electrons. The highest BCUT2D eigenvalue weighted by Crippen LogP contribution is 2.23. The molecule has 0 spiro atoms. The fraction of sp³-hybridized carbons (Fsp3) is 0.200. The average Bonchev–Trinajstić information content (AvgIpc) is 2.07. The Balaban J connectivity index is 3.08. The van der Waals surface area contributed by atoms with Gasteiger partial charge >= 0.3 is 5.97 Å². The first kappa shape index (κ1) is 10.2. The summed E-state index contributed by atoms with van der Waals surface area (Å²) in [5, 5.41) is 0. The molecule has 0 fully saturated rings. The van der Waals surface area contributed by atoms with Gasteiger partial charge in [-0.05, 0) is 25.1 Å². The lowest BCUT2D eigenvalue weighted by atomic mass is 10.1. The van der Waals surface area contributed by atoms with Crippen LogP contribution in [0.4, 0.5) is 5.69 Å². The third-order valence-corrected chi connectivity index (χ3v) is 1.67. The zero-order valence-electron chi connectivity index (χ0n) is 8.03. The zero-order chi connectivity index (χ0) is 10.7. The highest BCUT2D eigenvalue weighted by atomic mass is 16.5. The molecule has 1 aromatic carbocycles. The Morgan fingerprint density at radius 1 is 1.29 bits per heavy atom. The molecule has 0 bridgehead atoms. The number of ether oxygens (including phenoxy) is 1. The van der Waals surface area contributed by atoms with Gasteiger partial charge in [0.25, 0.3) is 0 Å². The number of ketones is 1. The van der Waals surface area contributed by atoms with Crippen molar-refractivity contribution >= 4 is 17.4 Å². The lowest BCUT2D eigenvalue weighted by molar-refractivity contribution is -0.131. The normalized spacial score (nSPS) is 9.57. The molecule has 0 unspecified atom stereocenters. The molecule has 0 atom stereocenters. The summed E-state index contributed by atoms with van der Waals surface area (Å²) in [6.07, 6.45) is 0. The summed E-state index contributed by atoms with van der Waals surface area (Å²) in [5.41, 5.74) is 6.36. The molecule has 74 valence electrons. The summed E-state index contributed by atoms with van der Waals surface area (Å²) in [7, 11) is 0. The van der Waals surface area contributed by atoms with Crippen LogP contribution in [-0.2, 0) is 4.79 Å². The predicted molar refractivity (Wildman–Crippen MR) is 52.2 cm³/mol. The van der Waals surface area contributed by atoms with E-state index >= 15 is 0 Å². The van der Waals surface area contributed by atoms with Crippen LogP contribution in [0.2, 0.25) is 0 Å². The van der Waals surface area contributed by atoms with E-state index in [1.807, 2.05) is 0 Å². The van der Waals surface area contributed by atoms with Gasteiger partial charge in [-0.15, -0.1) is 0 Å². The first-order valence-electron chi connectivity index (χ1n) is 4.09. The fourth-order valence-corrected chi connectivity index (χ4v) is 0.997. The molecule has 14 heavy (non-hydrogen) atoms. The van der Waals surface area contributed by atoms with E-state index in [0.29, 0.717) is 11.3 Å². The Bertz CT molecular complexity index is 385. The fourth-order valence-electron chi connectivity index (χ4n) is 0.997. The molecule has 0 aliphatic rings. The Hall–Kier alpha value is -1.84. The molecule has 0 saturated carbocycles. The number of carbonyl (C=O) groups is 2. The molecule has 0 saturated heterocycles. The molecule has 1 rings (SSSR count). The van der Waals surface area contributed by atoms with Crippen LogP contribution >= 0.6 is 0 Å². The van der Waals surface area contributed by atoms with Gasteiger partial charge in [-0.2, -0.15) is 0 Å². The van der Waals surface area contributed by atoms with E-state index in [-0.39, 0.29) is 11.5 Å². The van der Waals surface area contributed by atoms with E-state index in [1.165, 1.54) is 26.0 Å². The van der Waals surface area contributed by atoms with Crippen molar-refractivity contribution < 1.29 is 14.3 Å². The van der Waals surface area contributed by atoms with Crippen LogP contribution in [-0.4, -0.2) is 11.8 Å². The average molecular weight is 193 g/mol. The molecule has 4 heteroatoms. The van der Waals surface area contributed by atoms with Crippen molar-refractivity contribution in [3.05, 3.63) is 23.8 Å². The van der Waals surface area contributed by atoms with Crippen molar-refractivity contribution in [1.82, 2.24) is 0 Å². The largest absolute Gasteiger partial charge is 0.424 e. The number of benzene rings is 1. The van der Waals surface area contributed by atoms with E-state index < -0.39 is 5.97 Å². The lowest BCUT2D eigenvalue weighted by Crippen LogP contribution is -2.05. The molecule has 1 aromatic rings. The molecule has 0 amide bonds. The molecule has 0 aromatic heterocycles. The Morgan fingerprint density at radius 3 is 2.43 bits per heavy atom. The minimum atomic E-state index is -0.461. The van der Waals surface area contributed by atoms with Gasteiger partial charge in [-0.25, -0.2) is 0 Å². The highest BCUT2D eigenvalue weighted by molar-refractivity contribution is 5.95. The van der Waals surface area contributed by atoms with E-state index in [0.717, 1.165) is 0 Å². The molecular weight excluding hydrogens is 182 g/mol. The third-order valence-electron chi connectivity index (χ3n) is 1.67. The van der Waals surface area contributed by atoms with E-state index in [9.17, 15) is 9.59 Å². The van der Waals surface area contributed by atoms with Gasteiger partial charge < -0.3 is 10.5 Å². The predicted octanol–water partition coefficient (Wildman–Crippen LogP) is 1.40. The number of nitrogens with two attached hydrogens (primary N) is 1. The van der Waals surface area contributed by atoms with Gasteiger partial charge in [0.15, 0.2) is 11.5 Å². The van der Waals surface area contributed by atoms with Crippen LogP contribution in [0.3, 0.4) is 0 Å². The van der Waals surface area contributed by atoms with Crippen molar-refractivity contribution in [2.24, 2.45) is 0 Å². The second-order valence-corrected chi connectivity index (χ2v) is 2.90. The molecule has 0 heterocycles. The topological polar surface area (TPSA) is 69.4 Å². The van der Waals surface area contributed by atoms with Crippen LogP contribution in [0.15, 0.2) is 18.2 Å². The monoisotopic (exact) mass is 193 g/mol. The van der Waals surface area contributed by atoms with Crippen molar-refractivity contribution in [3.63, 3.8) is 0 Å². The number of nitrogen functional groups attached to an aromatic ring is 1. The van der Waals surface area contributed by atoms with Gasteiger partial charge in [0.2, 0.25) is 0 Å². The minimum Gasteiger partial charge on any atom is -0.424 e. The van der Waals surface area contributed by atoms with Gasteiger partial charge in [0.05, 0.1) is 5.69 Å². The number of hydrogen-bond donors (Lipinski definition) is 1. The minimum absolute atomic E-state index is 0.0987. The Kier molecular flexibility index (Phi) is 2.86. The van der Waals surface area contributed by atoms with Crippen molar-refractivity contribution in [3.8, 4) is 5.75 Å². The second-order valence-electron chi connectivity index (χ2n) is 2.90. The Labute approximate surface area is 81.7 Å². The molecule has 0 aliphatic carbocycles. The van der Waals surface area contributed by atoms with Crippen LogP contribution in [0.1, 0.15) is 24.2 Å². The maximum atomic E-state index is 11.0. The molecule has 0 aliphatic heterocycles. The standard InChI is InChI=1S/C10H11NO3/c1-6(12)8-3-4-9(11)10(5-8)14-7(2)13/h3-5H,11H2,1-2H3. The summed E-state index contributed by atoms with van der Waals surface area (Å²) in [4.78, 5) is 21.7. The van der Waals surface area contributed by atoms with E-state index in [2.05, 4.69) is 0 Å². The van der Waals surface area contributed by atoms with Crippen LogP contribution < -0.4 is 10.5 Å². The summed E-state index contributed by atoms with van der Waals surface area (Å²) in [6, 6.07) is 4.58. The Morgan fingerprint density at radius 2 is 1.93 bits per heavy atom. The number of carbonyl (C=O) groups excluding carboxylic acids is 2. The summed E-state index contributed by atoms with van der Waals surface area (Å²) < 4.78 is 4.82. The van der Waals surface area contributed by atoms with Gasteiger partial charge in [-0.1, -0.05) is 0 Å². The van der Waals surface area contributed by atoms with Gasteiger partial charge in [-0.3, -0.25) is 9.59 Å². The van der Waals surface area contributed by atoms with Gasteiger partial charge in [0, 0.05) is 12.5 Å². The second kappa shape index (κ2) is 3.91. The highest BCUT2D eigenvalue weighted by Gasteiger charge is 2.07. The number of anilines is 1. The van der Waals surface area contributed by atoms with Gasteiger partial charge in [0.1, 0.15) is 0 Å². The number of rotatable bonds is 2. The van der Waals surface area contributed by atoms with E-state index in [1.54, 1.807) is 6.07 Å². The molecule has 2 N–H and O–H groups in total. The molecule has 4 nitrogen and oxygen atoms in total. The van der Waals surface area contributed by atoms with E-state index in [4.69, 9.17) is 10.5 Å². The molecular formula is C10H11NO3. The van der Waals surface area contributed by atoms with Crippen molar-refractivity contribution in [2.45, 2.75) is 13.8 Å². The SMILES string of the molecule is CC(=O)Oc1cc(C(C)=O)ccc1N. The number of hydrogen-bond acceptors (Lipinski definition) is 4. The van der Waals surface area contributed by atoms with Crippen molar-refractivity contribution in [2.75, 3.05) is 5.73 Å². The van der Waals surface area contributed by atoms with Crippen LogP contribution in [0, 0.1) is 0 Å². The third kappa shape index (κ3) is 2.32. The number of esters is 1. The van der Waals surface area contributed by atoms with Crippen molar-refractivity contribution in [1.29, 1.82) is 0 Å². The first-order chi connectivity index (χ1) is 6.50. The summed E-state index contributed by atoms with van der Waals surface area (Å²) >= 11 is 0. The lowest BCUT2D eigenvalue weighted by Gasteiger charge is -2.05. The van der Waals surface area contributed by atoms with Crippen LogP contribution in [0.25, 0.3) is 0 Å². The number of Topliss-reactive ketones (excluding diaryl/α,β-unsaturated/α-hetero) is 1. The zero-order valence-corrected chi connectivity index (χ0v) is 8.03. The summed E-state index contributed by atoms with van der Waals surface area (Å²) in [6.45, 7) is 2.71. The quantitative estimate of drug-likeness (QED) is 0.333. The maximum Gasteiger partial charge on any atom is 0.308 e. The summed E-state index contributed by atoms with van der Waals surface area (Å²) in [5.74, 6) is -0.332. The maximum absolute atomic E-state index is 11.0. The van der Waals surface area contributed by atoms with Crippen LogP contribution in [0.5, 0.6) is 5.75 Å². The smallest absolute Gasteiger partial charge is 0.308 e. The first-order valence-corrected chi connectivity index (χ1v) is 4.09.